The Bertz CT molecular complexity index is 645. The molecule has 0 atom stereocenters. The van der Waals surface area contributed by atoms with Crippen LogP contribution < -0.4 is 20.9 Å². The first-order valence-electron chi connectivity index (χ1n) is 7.13. The van der Waals surface area contributed by atoms with E-state index < -0.39 is 12.0 Å². The number of nitrogens with two attached hydrogens (primary N) is 1. The summed E-state index contributed by atoms with van der Waals surface area (Å²) in [7, 11) is 1.40. The van der Waals surface area contributed by atoms with Crippen molar-refractivity contribution in [2.24, 2.45) is 11.3 Å². The lowest BCUT2D eigenvalue weighted by molar-refractivity contribution is 0.0251. The van der Waals surface area contributed by atoms with Gasteiger partial charge in [-0.1, -0.05) is 0 Å². The van der Waals surface area contributed by atoms with E-state index in [0.717, 1.165) is 13.0 Å². The maximum absolute atomic E-state index is 11.8. The van der Waals surface area contributed by atoms with E-state index in [1.807, 2.05) is 10.3 Å². The average Bonchev–Trinajstić information content (AvgIpc) is 2.97. The second kappa shape index (κ2) is 5.54. The lowest BCUT2D eigenvalue weighted by Crippen LogP contribution is -2.59. The Morgan fingerprint density at radius 2 is 2.17 bits per heavy atom. The molecule has 0 saturated carbocycles. The van der Waals surface area contributed by atoms with E-state index >= 15 is 0 Å². The van der Waals surface area contributed by atoms with E-state index in [-0.39, 0.29) is 17.0 Å². The molecule has 10 nitrogen and oxygen atoms in total. The van der Waals surface area contributed by atoms with Gasteiger partial charge in [-0.15, -0.1) is 0 Å². The number of hydrogen-bond donors (Lipinski definition) is 3. The van der Waals surface area contributed by atoms with Crippen LogP contribution in [-0.2, 0) is 0 Å². The molecule has 2 saturated heterocycles. The molecule has 1 aromatic rings. The Hall–Kier alpha value is -2.62. The van der Waals surface area contributed by atoms with Crippen LogP contribution in [0.2, 0.25) is 0 Å². The molecule has 1 aromatic heterocycles. The fraction of sp³-hybridized carbons (Fsp3) is 0.538. The van der Waals surface area contributed by atoms with Crippen molar-refractivity contribution in [1.82, 2.24) is 20.3 Å². The molecule has 2 aliphatic rings. The lowest BCUT2D eigenvalue weighted by Gasteiger charge is -2.46. The third-order valence-corrected chi connectivity index (χ3v) is 4.35. The number of methoxy groups -OCH3 is 1. The van der Waals surface area contributed by atoms with Crippen molar-refractivity contribution in [2.45, 2.75) is 6.42 Å². The predicted molar refractivity (Wildman–Crippen MR) is 79.1 cm³/mol. The van der Waals surface area contributed by atoms with E-state index in [4.69, 9.17) is 15.7 Å². The fourth-order valence-corrected chi connectivity index (χ4v) is 3.17. The van der Waals surface area contributed by atoms with E-state index in [2.05, 4.69) is 9.97 Å². The molecule has 0 aliphatic carbocycles. The van der Waals surface area contributed by atoms with Gasteiger partial charge in [-0.3, -0.25) is 10.2 Å². The molecular weight excluding hydrogens is 304 g/mol. The quantitative estimate of drug-likeness (QED) is 0.377. The van der Waals surface area contributed by atoms with Crippen molar-refractivity contribution >= 4 is 17.8 Å². The van der Waals surface area contributed by atoms with E-state index in [0.29, 0.717) is 25.5 Å². The fourth-order valence-electron chi connectivity index (χ4n) is 3.17. The van der Waals surface area contributed by atoms with Crippen molar-refractivity contribution in [1.29, 1.82) is 0 Å². The topological polar surface area (TPSA) is 134 Å². The summed E-state index contributed by atoms with van der Waals surface area (Å²) in [4.78, 5) is 34.5. The van der Waals surface area contributed by atoms with Crippen LogP contribution in [0.25, 0.3) is 0 Å². The zero-order chi connectivity index (χ0) is 16.6. The van der Waals surface area contributed by atoms with Gasteiger partial charge in [0.15, 0.2) is 5.69 Å². The molecule has 3 rings (SSSR count). The van der Waals surface area contributed by atoms with Crippen molar-refractivity contribution in [3.05, 3.63) is 11.9 Å². The first-order chi connectivity index (χ1) is 11.0. The number of nitrogens with one attached hydrogen (secondary N) is 1. The van der Waals surface area contributed by atoms with Gasteiger partial charge < -0.3 is 19.6 Å². The molecule has 0 radical (unpaired) electrons. The molecule has 4 N–H and O–H groups in total. The van der Waals surface area contributed by atoms with Crippen molar-refractivity contribution in [3.8, 4) is 5.88 Å². The standard InChI is InChI=1S/C13H18N6O4/c1-23-11-9(10(20)17-14)16-8(4-15-11)18-3-2-13(5-18)6-19(7-13)12(21)22/h4H,2-3,5-7,14H2,1H3,(H,17,20)(H,21,22). The van der Waals surface area contributed by atoms with Gasteiger partial charge in [-0.25, -0.2) is 20.6 Å². The summed E-state index contributed by atoms with van der Waals surface area (Å²) >= 11 is 0. The highest BCUT2D eigenvalue weighted by atomic mass is 16.5. The molecule has 0 unspecified atom stereocenters. The highest BCUT2D eigenvalue weighted by Gasteiger charge is 2.49. The second-order valence-electron chi connectivity index (χ2n) is 5.87. The number of ether oxygens (including phenoxy) is 1. The number of carbonyl (C=O) groups excluding carboxylic acids is 1. The van der Waals surface area contributed by atoms with Crippen LogP contribution in [0, 0.1) is 5.41 Å². The molecule has 2 fully saturated rings. The SMILES string of the molecule is COc1ncc(N2CCC3(CN(C(=O)O)C3)C2)nc1C(=O)NN. The van der Waals surface area contributed by atoms with Gasteiger partial charge in [0.25, 0.3) is 5.91 Å². The van der Waals surface area contributed by atoms with Gasteiger partial charge in [0.05, 0.1) is 13.3 Å². The largest absolute Gasteiger partial charge is 0.479 e. The predicted octanol–water partition coefficient (Wildman–Crippen LogP) is -0.721. The third kappa shape index (κ3) is 2.61. The van der Waals surface area contributed by atoms with Crippen molar-refractivity contribution in [3.63, 3.8) is 0 Å². The minimum Gasteiger partial charge on any atom is -0.479 e. The molecule has 2 amide bonds. The van der Waals surface area contributed by atoms with Crippen molar-refractivity contribution in [2.75, 3.05) is 38.2 Å². The first kappa shape index (κ1) is 15.3. The Morgan fingerprint density at radius 1 is 1.43 bits per heavy atom. The van der Waals surface area contributed by atoms with E-state index in [1.54, 1.807) is 6.20 Å². The molecule has 2 aliphatic heterocycles. The van der Waals surface area contributed by atoms with Gasteiger partial charge in [-0.2, -0.15) is 0 Å². The highest BCUT2D eigenvalue weighted by Crippen LogP contribution is 2.40. The zero-order valence-corrected chi connectivity index (χ0v) is 12.7. The van der Waals surface area contributed by atoms with Gasteiger partial charge in [0.2, 0.25) is 5.88 Å². The highest BCUT2D eigenvalue weighted by molar-refractivity contribution is 5.94. The molecule has 3 heterocycles. The number of aromatic nitrogens is 2. The smallest absolute Gasteiger partial charge is 0.407 e. The number of nitrogen functional groups attached to an aromatic ring is 1. The summed E-state index contributed by atoms with van der Waals surface area (Å²) in [5.41, 5.74) is 2.01. The molecular formula is C13H18N6O4. The van der Waals surface area contributed by atoms with Crippen LogP contribution in [-0.4, -0.2) is 65.3 Å². The minimum atomic E-state index is -0.889. The Balaban J connectivity index is 1.76. The van der Waals surface area contributed by atoms with E-state index in [9.17, 15) is 9.59 Å². The number of likely N-dealkylation sites (tertiary alicyclic amines) is 1. The number of carbonyl (C=O) groups is 2. The van der Waals surface area contributed by atoms with Gasteiger partial charge in [-0.05, 0) is 6.42 Å². The van der Waals surface area contributed by atoms with Gasteiger partial charge >= 0.3 is 6.09 Å². The average molecular weight is 322 g/mol. The summed E-state index contributed by atoms with van der Waals surface area (Å²) in [5, 5.41) is 8.96. The minimum absolute atomic E-state index is 0.0224. The van der Waals surface area contributed by atoms with E-state index in [1.165, 1.54) is 12.0 Å². The summed E-state index contributed by atoms with van der Waals surface area (Å²) in [6.45, 7) is 2.47. The third-order valence-electron chi connectivity index (χ3n) is 4.35. The number of rotatable bonds is 3. The molecule has 124 valence electrons. The van der Waals surface area contributed by atoms with Gasteiger partial charge in [0, 0.05) is 31.6 Å². The van der Waals surface area contributed by atoms with Crippen molar-refractivity contribution < 1.29 is 19.4 Å². The second-order valence-corrected chi connectivity index (χ2v) is 5.87. The number of nitrogens with zero attached hydrogens (tertiary/aromatic N) is 4. The molecule has 0 bridgehead atoms. The molecule has 1 spiro atoms. The molecule has 10 heteroatoms. The van der Waals surface area contributed by atoms with Gasteiger partial charge in [0.1, 0.15) is 5.82 Å². The summed E-state index contributed by atoms with van der Waals surface area (Å²) in [5.74, 6) is 5.23. The number of amides is 2. The number of hydrogen-bond acceptors (Lipinski definition) is 7. The monoisotopic (exact) mass is 322 g/mol. The zero-order valence-electron chi connectivity index (χ0n) is 12.7. The first-order valence-corrected chi connectivity index (χ1v) is 7.13. The number of hydrazine groups is 1. The molecule has 0 aromatic carbocycles. The number of carboxylic acid groups (broad SMARTS) is 1. The summed E-state index contributed by atoms with van der Waals surface area (Å²) < 4.78 is 5.02. The molecule has 23 heavy (non-hydrogen) atoms. The summed E-state index contributed by atoms with van der Waals surface area (Å²) in [6, 6.07) is 0. The van der Waals surface area contributed by atoms with Crippen LogP contribution in [0.15, 0.2) is 6.20 Å². The summed E-state index contributed by atoms with van der Waals surface area (Å²) in [6.07, 6.45) is 1.53. The Kier molecular flexibility index (Phi) is 3.68. The Morgan fingerprint density at radius 3 is 2.78 bits per heavy atom. The lowest BCUT2D eigenvalue weighted by atomic mass is 9.79. The maximum Gasteiger partial charge on any atom is 0.407 e. The van der Waals surface area contributed by atoms with Crippen LogP contribution in [0.1, 0.15) is 16.9 Å². The number of anilines is 1. The normalized spacial score (nSPS) is 18.7. The Labute approximate surface area is 132 Å². The maximum atomic E-state index is 11.8. The van der Waals surface area contributed by atoms with Crippen LogP contribution in [0.4, 0.5) is 10.6 Å². The van der Waals surface area contributed by atoms with Crippen LogP contribution in [0.3, 0.4) is 0 Å². The van der Waals surface area contributed by atoms with Crippen LogP contribution >= 0.6 is 0 Å². The van der Waals surface area contributed by atoms with Crippen LogP contribution in [0.5, 0.6) is 5.88 Å².